The van der Waals surface area contributed by atoms with Crippen molar-refractivity contribution < 1.29 is 4.42 Å². The van der Waals surface area contributed by atoms with Crippen molar-refractivity contribution in [1.29, 1.82) is 0 Å². The molecule has 260 valence electrons. The van der Waals surface area contributed by atoms with Gasteiger partial charge in [0.15, 0.2) is 0 Å². The summed E-state index contributed by atoms with van der Waals surface area (Å²) < 4.78 is 8.27. The molecule has 2 aromatic heterocycles. The summed E-state index contributed by atoms with van der Waals surface area (Å²) in [6.07, 6.45) is 0. The summed E-state index contributed by atoms with van der Waals surface area (Å²) in [6, 6.07) is 70.8. The lowest BCUT2D eigenvalue weighted by Crippen LogP contribution is -1.92. The molecule has 0 amide bonds. The van der Waals surface area contributed by atoms with Crippen LogP contribution in [0.5, 0.6) is 0 Å². The Balaban J connectivity index is 1.29. The predicted molar refractivity (Wildman–Crippen MR) is 241 cm³/mol. The second-order valence-electron chi connectivity index (χ2n) is 14.7. The van der Waals surface area contributed by atoms with Crippen LogP contribution < -0.4 is 0 Å². The van der Waals surface area contributed by atoms with Crippen LogP contribution in [0.4, 0.5) is 0 Å². The lowest BCUT2D eigenvalue weighted by atomic mass is 9.84. The van der Waals surface area contributed by atoms with Gasteiger partial charge in [0.2, 0.25) is 0 Å². The van der Waals surface area contributed by atoms with Crippen LogP contribution in [0.1, 0.15) is 0 Å². The Morgan fingerprint density at radius 2 is 0.911 bits per heavy atom. The summed E-state index contributed by atoms with van der Waals surface area (Å²) in [7, 11) is 0. The lowest BCUT2D eigenvalue weighted by molar-refractivity contribution is 0.670. The molecule has 12 aromatic rings. The van der Waals surface area contributed by atoms with Gasteiger partial charge < -0.3 is 4.42 Å². The van der Waals surface area contributed by atoms with E-state index in [1.807, 2.05) is 11.3 Å². The van der Waals surface area contributed by atoms with Gasteiger partial charge in [-0.15, -0.1) is 11.3 Å². The molecule has 56 heavy (non-hydrogen) atoms. The van der Waals surface area contributed by atoms with E-state index in [2.05, 4.69) is 194 Å². The molecule has 0 N–H and O–H groups in total. The summed E-state index contributed by atoms with van der Waals surface area (Å²) in [6.45, 7) is 0. The topological polar surface area (TPSA) is 13.1 Å². The van der Waals surface area contributed by atoms with Gasteiger partial charge in [0.25, 0.3) is 0 Å². The Bertz CT molecular complexity index is 3470. The number of hydrogen-bond acceptors (Lipinski definition) is 2. The fourth-order valence-corrected chi connectivity index (χ4v) is 10.5. The Morgan fingerprint density at radius 3 is 1.66 bits per heavy atom. The third-order valence-corrected chi connectivity index (χ3v) is 12.9. The molecule has 0 saturated carbocycles. The maximum Gasteiger partial charge on any atom is 0.144 e. The minimum Gasteiger partial charge on any atom is -0.455 e. The average Bonchev–Trinajstić information content (AvgIpc) is 3.84. The van der Waals surface area contributed by atoms with Gasteiger partial charge in [0, 0.05) is 42.4 Å². The fourth-order valence-electron chi connectivity index (χ4n) is 9.19. The van der Waals surface area contributed by atoms with Crippen molar-refractivity contribution in [3.05, 3.63) is 194 Å². The van der Waals surface area contributed by atoms with Crippen molar-refractivity contribution in [2.24, 2.45) is 0 Å². The molecule has 12 rings (SSSR count). The van der Waals surface area contributed by atoms with Crippen LogP contribution in [0.15, 0.2) is 199 Å². The highest BCUT2D eigenvalue weighted by Crippen LogP contribution is 2.55. The van der Waals surface area contributed by atoms with E-state index in [-0.39, 0.29) is 0 Å². The first-order valence-electron chi connectivity index (χ1n) is 19.2. The smallest absolute Gasteiger partial charge is 0.144 e. The number of hydrogen-bond donors (Lipinski definition) is 0. The van der Waals surface area contributed by atoms with Gasteiger partial charge in [-0.25, -0.2) is 0 Å². The molecule has 0 spiro atoms. The molecule has 0 saturated heterocycles. The zero-order valence-electron chi connectivity index (χ0n) is 30.3. The molecular formula is C54H32OS. The quantitative estimate of drug-likeness (QED) is 0.165. The first-order valence-corrected chi connectivity index (χ1v) is 20.0. The van der Waals surface area contributed by atoms with Crippen molar-refractivity contribution in [2.75, 3.05) is 0 Å². The van der Waals surface area contributed by atoms with E-state index in [1.165, 1.54) is 91.4 Å². The van der Waals surface area contributed by atoms with Crippen LogP contribution >= 0.6 is 11.3 Å². The fraction of sp³-hybridized carbons (Fsp3) is 0. The first-order chi connectivity index (χ1) is 27.8. The maximum absolute atomic E-state index is 7.04. The SMILES string of the molecule is c1ccc(-c2c(-c3ccc4ccccc4c3)sc3c(-c4c5ccccc5c(-c5cccc6ccccc56)c5ccccc45)c4oc5ccccc5c4cc23)cc1. The molecule has 0 atom stereocenters. The molecule has 0 aliphatic carbocycles. The normalized spacial score (nSPS) is 11.9. The van der Waals surface area contributed by atoms with E-state index in [0.717, 1.165) is 27.5 Å². The van der Waals surface area contributed by atoms with Crippen molar-refractivity contribution in [1.82, 2.24) is 0 Å². The highest BCUT2D eigenvalue weighted by atomic mass is 32.1. The van der Waals surface area contributed by atoms with Gasteiger partial charge in [-0.05, 0) is 83.5 Å². The summed E-state index contributed by atoms with van der Waals surface area (Å²) >= 11 is 1.89. The van der Waals surface area contributed by atoms with E-state index >= 15 is 0 Å². The van der Waals surface area contributed by atoms with Crippen LogP contribution in [0.25, 0.3) is 119 Å². The van der Waals surface area contributed by atoms with E-state index in [0.29, 0.717) is 0 Å². The molecule has 0 aliphatic rings. The van der Waals surface area contributed by atoms with Gasteiger partial charge in [-0.2, -0.15) is 0 Å². The van der Waals surface area contributed by atoms with E-state index in [4.69, 9.17) is 4.42 Å². The number of rotatable bonds is 4. The predicted octanol–water partition coefficient (Wildman–Crippen LogP) is 16.1. The van der Waals surface area contributed by atoms with E-state index in [9.17, 15) is 0 Å². The van der Waals surface area contributed by atoms with Crippen molar-refractivity contribution in [2.45, 2.75) is 0 Å². The molecule has 0 radical (unpaired) electrons. The van der Waals surface area contributed by atoms with Crippen LogP contribution in [0, 0.1) is 0 Å². The molecule has 0 aliphatic heterocycles. The minimum absolute atomic E-state index is 0.901. The van der Waals surface area contributed by atoms with E-state index < -0.39 is 0 Å². The van der Waals surface area contributed by atoms with Crippen LogP contribution in [0.2, 0.25) is 0 Å². The Hall–Kier alpha value is -7.00. The molecule has 0 fully saturated rings. The van der Waals surface area contributed by atoms with Gasteiger partial charge in [-0.1, -0.05) is 176 Å². The summed E-state index contributed by atoms with van der Waals surface area (Å²) in [5, 5.41) is 13.4. The lowest BCUT2D eigenvalue weighted by Gasteiger charge is -2.19. The molecule has 2 heterocycles. The Labute approximate surface area is 327 Å². The zero-order chi connectivity index (χ0) is 36.7. The number of fused-ring (bicyclic) bond motifs is 8. The molecule has 0 unspecified atom stereocenters. The van der Waals surface area contributed by atoms with Crippen LogP contribution in [0.3, 0.4) is 0 Å². The third kappa shape index (κ3) is 4.60. The largest absolute Gasteiger partial charge is 0.455 e. The van der Waals surface area contributed by atoms with Gasteiger partial charge in [0.05, 0.1) is 0 Å². The monoisotopic (exact) mass is 728 g/mol. The standard InChI is InChI=1S/C54H32OS/c1-2-17-35(18-3-1)48-46-32-45-39-22-12-13-28-47(39)55-52(45)51(54(46)56-53(48)37-30-29-33-15-4-5-19-36(33)31-37)50-43-25-10-8-23-41(43)49(42-24-9-11-26-44(42)50)40-27-14-20-34-16-6-7-21-38(34)40/h1-32H. The number of furan rings is 1. The molecule has 10 aromatic carbocycles. The third-order valence-electron chi connectivity index (χ3n) is 11.6. The summed E-state index contributed by atoms with van der Waals surface area (Å²) in [5.74, 6) is 0. The number of para-hydroxylation sites is 1. The van der Waals surface area contributed by atoms with Crippen molar-refractivity contribution in [3.63, 3.8) is 0 Å². The Kier molecular flexibility index (Phi) is 6.87. The minimum atomic E-state index is 0.901. The average molecular weight is 729 g/mol. The molecule has 2 heteroatoms. The Morgan fingerprint density at radius 1 is 0.321 bits per heavy atom. The number of thiophene rings is 1. The second kappa shape index (κ2) is 12.3. The van der Waals surface area contributed by atoms with Crippen molar-refractivity contribution in [3.8, 4) is 43.8 Å². The summed E-state index contributed by atoms with van der Waals surface area (Å²) in [5.41, 5.74) is 10.4. The van der Waals surface area contributed by atoms with Gasteiger partial charge in [-0.3, -0.25) is 0 Å². The molecular weight excluding hydrogens is 697 g/mol. The maximum atomic E-state index is 7.04. The van der Waals surface area contributed by atoms with E-state index in [1.54, 1.807) is 0 Å². The summed E-state index contributed by atoms with van der Waals surface area (Å²) in [4.78, 5) is 1.26. The highest BCUT2D eigenvalue weighted by Gasteiger charge is 2.27. The second-order valence-corrected chi connectivity index (χ2v) is 15.7. The molecule has 1 nitrogen and oxygen atoms in total. The first kappa shape index (κ1) is 31.4. The number of benzene rings is 10. The van der Waals surface area contributed by atoms with Crippen molar-refractivity contribution >= 4 is 86.5 Å². The zero-order valence-corrected chi connectivity index (χ0v) is 31.1. The van der Waals surface area contributed by atoms with Crippen LogP contribution in [-0.2, 0) is 0 Å². The van der Waals surface area contributed by atoms with Crippen LogP contribution in [-0.4, -0.2) is 0 Å². The van der Waals surface area contributed by atoms with Gasteiger partial charge >= 0.3 is 0 Å². The highest BCUT2D eigenvalue weighted by molar-refractivity contribution is 7.23. The van der Waals surface area contributed by atoms with Gasteiger partial charge in [0.1, 0.15) is 11.2 Å². The molecule has 0 bridgehead atoms.